The van der Waals surface area contributed by atoms with E-state index in [-0.39, 0.29) is 17.4 Å². The fourth-order valence-electron chi connectivity index (χ4n) is 4.08. The molecule has 1 amide bonds. The van der Waals surface area contributed by atoms with Gasteiger partial charge in [0.1, 0.15) is 0 Å². The first-order valence-corrected chi connectivity index (χ1v) is 11.2. The van der Waals surface area contributed by atoms with Gasteiger partial charge in [-0.1, -0.05) is 73.5 Å². The van der Waals surface area contributed by atoms with Gasteiger partial charge >= 0.3 is 0 Å². The predicted octanol–water partition coefficient (Wildman–Crippen LogP) is 6.23. The number of thioether (sulfide) groups is 1. The van der Waals surface area contributed by atoms with Crippen molar-refractivity contribution in [2.24, 2.45) is 5.92 Å². The average Bonchev–Trinajstić information content (AvgIpc) is 3.00. The Morgan fingerprint density at radius 2 is 1.79 bits per heavy atom. The van der Waals surface area contributed by atoms with Gasteiger partial charge < -0.3 is 10.2 Å². The zero-order valence-corrected chi connectivity index (χ0v) is 17.5. The van der Waals surface area contributed by atoms with Crippen molar-refractivity contribution < 1.29 is 4.79 Å². The van der Waals surface area contributed by atoms with Gasteiger partial charge in [0, 0.05) is 16.8 Å². The van der Waals surface area contributed by atoms with Gasteiger partial charge in [-0.05, 0) is 54.7 Å². The summed E-state index contributed by atoms with van der Waals surface area (Å²) in [5.41, 5.74) is 1.95. The maximum absolute atomic E-state index is 13.4. The van der Waals surface area contributed by atoms with Crippen molar-refractivity contribution in [3.63, 3.8) is 0 Å². The highest BCUT2D eigenvalue weighted by Crippen LogP contribution is 2.42. The van der Waals surface area contributed by atoms with Crippen LogP contribution in [0, 0.1) is 5.92 Å². The van der Waals surface area contributed by atoms with Gasteiger partial charge in [0.25, 0.3) is 5.91 Å². The Hall–Kier alpha value is -1.91. The molecule has 1 N–H and O–H groups in total. The van der Waals surface area contributed by atoms with Crippen LogP contribution in [0.25, 0.3) is 6.08 Å². The van der Waals surface area contributed by atoms with Gasteiger partial charge in [0.15, 0.2) is 5.50 Å². The lowest BCUT2D eigenvalue weighted by molar-refractivity contribution is -0.129. The summed E-state index contributed by atoms with van der Waals surface area (Å²) in [6, 6.07) is 18.0. The molecule has 0 radical (unpaired) electrons. The van der Waals surface area contributed by atoms with Crippen LogP contribution in [0.15, 0.2) is 59.5 Å². The molecule has 28 heavy (non-hydrogen) atoms. The van der Waals surface area contributed by atoms with Gasteiger partial charge in [0.2, 0.25) is 0 Å². The summed E-state index contributed by atoms with van der Waals surface area (Å²) >= 11 is 7.61. The topological polar surface area (TPSA) is 32.3 Å². The highest BCUT2D eigenvalue weighted by molar-refractivity contribution is 8.05. The fourth-order valence-corrected chi connectivity index (χ4v) is 5.42. The molecule has 1 saturated carbocycles. The minimum atomic E-state index is -0.0843. The summed E-state index contributed by atoms with van der Waals surface area (Å²) in [7, 11) is 0. The lowest BCUT2D eigenvalue weighted by atomic mass is 9.85. The number of halogens is 1. The molecule has 1 saturated heterocycles. The van der Waals surface area contributed by atoms with Gasteiger partial charge in [-0.25, -0.2) is 0 Å². The minimum Gasteiger partial charge on any atom is -0.356 e. The van der Waals surface area contributed by atoms with Gasteiger partial charge in [-0.2, -0.15) is 0 Å². The van der Waals surface area contributed by atoms with Crippen LogP contribution in [-0.4, -0.2) is 22.3 Å². The van der Waals surface area contributed by atoms with Crippen LogP contribution < -0.4 is 5.32 Å². The third kappa shape index (κ3) is 4.23. The normalized spacial score (nSPS) is 26.6. The highest BCUT2D eigenvalue weighted by atomic mass is 35.5. The van der Waals surface area contributed by atoms with Crippen LogP contribution in [0.3, 0.4) is 0 Å². The summed E-state index contributed by atoms with van der Waals surface area (Å²) in [5, 5.41) is 4.27. The number of carbonyl (C=O) groups excluding carboxylic acids is 1. The molecule has 2 fully saturated rings. The lowest BCUT2D eigenvalue weighted by Gasteiger charge is -2.39. The van der Waals surface area contributed by atoms with Gasteiger partial charge in [-0.15, -0.1) is 0 Å². The Morgan fingerprint density at radius 3 is 2.50 bits per heavy atom. The van der Waals surface area contributed by atoms with Crippen molar-refractivity contribution in [1.29, 1.82) is 0 Å². The predicted molar refractivity (Wildman–Crippen MR) is 119 cm³/mol. The number of amides is 1. The quantitative estimate of drug-likeness (QED) is 0.604. The largest absolute Gasteiger partial charge is 0.356 e. The molecule has 3 atom stereocenters. The van der Waals surface area contributed by atoms with Crippen molar-refractivity contribution in [3.8, 4) is 0 Å². The second kappa shape index (κ2) is 8.62. The summed E-state index contributed by atoms with van der Waals surface area (Å²) in [6.45, 7) is 2.28. The van der Waals surface area contributed by atoms with E-state index in [9.17, 15) is 4.79 Å². The fraction of sp³-hybridized carbons (Fsp3) is 0.348. The van der Waals surface area contributed by atoms with E-state index in [1.54, 1.807) is 11.8 Å². The molecule has 2 aromatic carbocycles. The van der Waals surface area contributed by atoms with E-state index in [0.717, 1.165) is 22.6 Å². The first-order chi connectivity index (χ1) is 13.6. The summed E-state index contributed by atoms with van der Waals surface area (Å²) in [5.74, 6) is 0.653. The van der Waals surface area contributed by atoms with Crippen LogP contribution in [-0.2, 0) is 4.79 Å². The number of nitrogens with zero attached hydrogens (tertiary/aromatic N) is 1. The van der Waals surface area contributed by atoms with Gasteiger partial charge in [0.05, 0.1) is 4.91 Å². The van der Waals surface area contributed by atoms with Crippen molar-refractivity contribution in [1.82, 2.24) is 4.90 Å². The monoisotopic (exact) mass is 412 g/mol. The third-order valence-corrected chi connectivity index (χ3v) is 6.96. The second-order valence-electron chi connectivity index (χ2n) is 7.58. The molecule has 146 valence electrons. The van der Waals surface area contributed by atoms with E-state index < -0.39 is 0 Å². The molecule has 3 nitrogen and oxygen atoms in total. The Labute approximate surface area is 176 Å². The number of carbonyl (C=O) groups is 1. The molecular formula is C23H25ClN2OS. The van der Waals surface area contributed by atoms with E-state index in [1.165, 1.54) is 19.3 Å². The second-order valence-corrected chi connectivity index (χ2v) is 9.14. The number of anilines is 1. The Kier molecular flexibility index (Phi) is 5.98. The number of nitrogens with one attached hydrogen (secondary N) is 1. The minimum absolute atomic E-state index is 0.0843. The Morgan fingerprint density at radius 1 is 1.07 bits per heavy atom. The zero-order valence-electron chi connectivity index (χ0n) is 16.0. The Balaban J connectivity index is 1.63. The van der Waals surface area contributed by atoms with E-state index in [0.29, 0.717) is 10.9 Å². The molecule has 0 aromatic heterocycles. The molecule has 1 unspecified atom stereocenters. The van der Waals surface area contributed by atoms with Crippen molar-refractivity contribution in [3.05, 3.63) is 70.1 Å². The summed E-state index contributed by atoms with van der Waals surface area (Å²) in [6.07, 6.45) is 6.70. The molecule has 0 spiro atoms. The standard InChI is InChI=1S/C23H25ClN2OS/c1-16-7-5-6-10-20(16)26-22(27)21(15-17-11-13-18(24)14-12-17)28-23(26)25-19-8-3-2-4-9-19/h2-4,8-9,11-16,20,23,25H,5-7,10H2,1H3/b21-15-/t16-,20-,23?/m0/s1. The first-order valence-electron chi connectivity index (χ1n) is 9.90. The number of hydrogen-bond acceptors (Lipinski definition) is 3. The van der Waals surface area contributed by atoms with Crippen LogP contribution in [0.4, 0.5) is 5.69 Å². The summed E-state index contributed by atoms with van der Waals surface area (Å²) < 4.78 is 0. The third-order valence-electron chi connectivity index (χ3n) is 5.59. The maximum Gasteiger partial charge on any atom is 0.262 e. The highest BCUT2D eigenvalue weighted by Gasteiger charge is 2.42. The molecule has 2 aromatic rings. The number of benzene rings is 2. The van der Waals surface area contributed by atoms with E-state index in [2.05, 4.69) is 29.3 Å². The van der Waals surface area contributed by atoms with Crippen molar-refractivity contribution in [2.45, 2.75) is 44.1 Å². The van der Waals surface area contributed by atoms with Crippen molar-refractivity contribution >= 4 is 41.0 Å². The molecule has 0 bridgehead atoms. The van der Waals surface area contributed by atoms with Gasteiger partial charge in [-0.3, -0.25) is 4.79 Å². The zero-order chi connectivity index (χ0) is 19.5. The molecule has 1 aliphatic carbocycles. The molecule has 5 heteroatoms. The maximum atomic E-state index is 13.4. The molecule has 2 aliphatic rings. The van der Waals surface area contributed by atoms with Crippen LogP contribution >= 0.6 is 23.4 Å². The molecule has 1 heterocycles. The number of rotatable bonds is 4. The van der Waals surface area contributed by atoms with Crippen LogP contribution in [0.1, 0.15) is 38.2 Å². The first kappa shape index (κ1) is 19.4. The summed E-state index contributed by atoms with van der Waals surface area (Å²) in [4.78, 5) is 16.3. The van der Waals surface area contributed by atoms with E-state index >= 15 is 0 Å². The smallest absolute Gasteiger partial charge is 0.262 e. The van der Waals surface area contributed by atoms with E-state index in [1.807, 2.05) is 48.5 Å². The van der Waals surface area contributed by atoms with Crippen LogP contribution in [0.2, 0.25) is 5.02 Å². The van der Waals surface area contributed by atoms with Crippen LogP contribution in [0.5, 0.6) is 0 Å². The SMILES string of the molecule is C[C@H]1CCCC[C@@H]1N1C(=O)/C(=C/c2ccc(Cl)cc2)SC1Nc1ccccc1. The lowest BCUT2D eigenvalue weighted by Crippen LogP contribution is -2.48. The molecule has 4 rings (SSSR count). The molecular weight excluding hydrogens is 388 g/mol. The number of para-hydroxylation sites is 1. The van der Waals surface area contributed by atoms with Crippen molar-refractivity contribution in [2.75, 3.05) is 5.32 Å². The molecule has 1 aliphatic heterocycles. The van der Waals surface area contributed by atoms with E-state index in [4.69, 9.17) is 11.6 Å². The Bertz CT molecular complexity index is 853. The average molecular weight is 413 g/mol. The number of hydrogen-bond donors (Lipinski definition) is 1.